The summed E-state index contributed by atoms with van der Waals surface area (Å²) in [5.41, 5.74) is 0. The van der Waals surface area contributed by atoms with Gasteiger partial charge in [-0.3, -0.25) is 0 Å². The first-order chi connectivity index (χ1) is 6.41. The van der Waals surface area contributed by atoms with Crippen molar-refractivity contribution < 1.29 is 0 Å². The van der Waals surface area contributed by atoms with E-state index in [9.17, 15) is 0 Å². The van der Waals surface area contributed by atoms with E-state index in [1.165, 1.54) is 31.8 Å². The first-order valence-electron chi connectivity index (χ1n) is 4.95. The highest BCUT2D eigenvalue weighted by Gasteiger charge is 1.79. The van der Waals surface area contributed by atoms with Crippen LogP contribution in [0, 0.1) is 6.58 Å². The summed E-state index contributed by atoms with van der Waals surface area (Å²) < 4.78 is 0. The smallest absolute Gasteiger partial charge is 0.0348 e. The molecule has 1 radical (unpaired) electrons. The highest BCUT2D eigenvalue weighted by molar-refractivity contribution is 5.13. The normalized spacial score (nSPS) is 12.1. The third-order valence-corrected chi connectivity index (χ3v) is 1.67. The van der Waals surface area contributed by atoms with Gasteiger partial charge in [0.1, 0.15) is 0 Å². The van der Waals surface area contributed by atoms with Crippen molar-refractivity contribution in [2.75, 3.05) is 0 Å². The average Bonchev–Trinajstić information content (AvgIpc) is 2.16. The number of allylic oxidation sites excluding steroid dienone is 7. The summed E-state index contributed by atoms with van der Waals surface area (Å²) in [5.74, 6) is 0. The molecule has 0 spiro atoms. The Morgan fingerprint density at radius 3 is 2.31 bits per heavy atom. The minimum Gasteiger partial charge on any atom is -0.0845 e. The van der Waals surface area contributed by atoms with Crippen molar-refractivity contribution in [1.82, 2.24) is 0 Å². The van der Waals surface area contributed by atoms with E-state index in [1.807, 2.05) is 18.2 Å². The van der Waals surface area contributed by atoms with Gasteiger partial charge in [0.05, 0.1) is 0 Å². The third kappa shape index (κ3) is 11.0. The van der Waals surface area contributed by atoms with Crippen LogP contribution in [0.15, 0.2) is 42.5 Å². The molecule has 13 heavy (non-hydrogen) atoms. The number of hydrogen-bond donors (Lipinski definition) is 0. The maximum Gasteiger partial charge on any atom is -0.0348 e. The molecule has 0 rings (SSSR count). The van der Waals surface area contributed by atoms with Crippen LogP contribution >= 0.6 is 0 Å². The van der Waals surface area contributed by atoms with E-state index in [2.05, 4.69) is 19.1 Å². The Morgan fingerprint density at radius 1 is 0.923 bits per heavy atom. The maximum atomic E-state index is 5.16. The Bertz CT molecular complexity index is 182. The summed E-state index contributed by atoms with van der Waals surface area (Å²) in [6, 6.07) is 0. The van der Waals surface area contributed by atoms with E-state index >= 15 is 0 Å². The largest absolute Gasteiger partial charge is 0.0845 e. The highest BCUT2D eigenvalue weighted by Crippen LogP contribution is 1.99. The molecule has 0 aromatic rings. The van der Waals surface area contributed by atoms with Gasteiger partial charge in [-0.25, -0.2) is 0 Å². The van der Waals surface area contributed by atoms with Gasteiger partial charge in [-0.05, 0) is 12.8 Å². The van der Waals surface area contributed by atoms with Gasteiger partial charge in [0, 0.05) is 0 Å². The van der Waals surface area contributed by atoms with E-state index in [0.717, 1.165) is 0 Å². The molecular weight excluding hydrogens is 156 g/mol. The second-order valence-corrected chi connectivity index (χ2v) is 2.89. The molecule has 0 heteroatoms. The van der Waals surface area contributed by atoms with Gasteiger partial charge in [0.2, 0.25) is 0 Å². The minimum absolute atomic E-state index is 1.19. The zero-order chi connectivity index (χ0) is 9.78. The van der Waals surface area contributed by atoms with Crippen LogP contribution in [0.4, 0.5) is 0 Å². The molecular formula is C13H19. The van der Waals surface area contributed by atoms with E-state index in [1.54, 1.807) is 6.08 Å². The molecule has 0 aromatic heterocycles. The number of unbranched alkanes of at least 4 members (excludes halogenated alkanes) is 3. The van der Waals surface area contributed by atoms with Gasteiger partial charge < -0.3 is 0 Å². The van der Waals surface area contributed by atoms with Crippen LogP contribution in [-0.4, -0.2) is 0 Å². The van der Waals surface area contributed by atoms with Crippen molar-refractivity contribution in [2.45, 2.75) is 32.6 Å². The molecule has 0 N–H and O–H groups in total. The molecule has 0 aliphatic heterocycles. The molecule has 0 atom stereocenters. The predicted molar refractivity (Wildman–Crippen MR) is 60.4 cm³/mol. The fourth-order valence-corrected chi connectivity index (χ4v) is 0.944. The van der Waals surface area contributed by atoms with Crippen LogP contribution in [0.1, 0.15) is 32.6 Å². The van der Waals surface area contributed by atoms with Crippen LogP contribution in [0.5, 0.6) is 0 Å². The zero-order valence-corrected chi connectivity index (χ0v) is 8.45. The quantitative estimate of drug-likeness (QED) is 0.401. The van der Waals surface area contributed by atoms with Crippen molar-refractivity contribution >= 4 is 0 Å². The Balaban J connectivity index is 3.34. The van der Waals surface area contributed by atoms with Gasteiger partial charge in [0.25, 0.3) is 0 Å². The van der Waals surface area contributed by atoms with Crippen LogP contribution in [-0.2, 0) is 0 Å². The predicted octanol–water partition coefficient (Wildman–Crippen LogP) is 4.22. The lowest BCUT2D eigenvalue weighted by molar-refractivity contribution is 0.729. The molecule has 0 aliphatic rings. The van der Waals surface area contributed by atoms with Gasteiger partial charge in [0.15, 0.2) is 0 Å². The molecule has 0 aliphatic carbocycles. The Hall–Kier alpha value is -1.04. The van der Waals surface area contributed by atoms with Crippen molar-refractivity contribution in [3.63, 3.8) is 0 Å². The topological polar surface area (TPSA) is 0 Å². The minimum atomic E-state index is 1.19. The molecule has 71 valence electrons. The second kappa shape index (κ2) is 11.0. The summed E-state index contributed by atoms with van der Waals surface area (Å²) in [6.07, 6.45) is 18.6. The van der Waals surface area contributed by atoms with Gasteiger partial charge in [-0.2, -0.15) is 0 Å². The van der Waals surface area contributed by atoms with E-state index < -0.39 is 0 Å². The third-order valence-electron chi connectivity index (χ3n) is 1.67. The maximum absolute atomic E-state index is 5.16. The highest BCUT2D eigenvalue weighted by atomic mass is 13.9. The molecule has 0 nitrogen and oxygen atoms in total. The summed E-state index contributed by atoms with van der Waals surface area (Å²) in [6.45, 7) is 7.38. The molecule has 0 bridgehead atoms. The summed E-state index contributed by atoms with van der Waals surface area (Å²) in [4.78, 5) is 0. The fraction of sp³-hybridized carbons (Fsp3) is 0.385. The lowest BCUT2D eigenvalue weighted by Gasteiger charge is -1.89. The van der Waals surface area contributed by atoms with Gasteiger partial charge >= 0.3 is 0 Å². The van der Waals surface area contributed by atoms with Crippen molar-refractivity contribution in [2.24, 2.45) is 0 Å². The SMILES string of the molecule is [CH]=CC=CC=CC=CCCCCC. The van der Waals surface area contributed by atoms with Crippen LogP contribution in [0.2, 0.25) is 0 Å². The van der Waals surface area contributed by atoms with E-state index in [4.69, 9.17) is 6.58 Å². The fourth-order valence-electron chi connectivity index (χ4n) is 0.944. The molecule has 0 aromatic carbocycles. The first-order valence-corrected chi connectivity index (χ1v) is 4.95. The zero-order valence-electron chi connectivity index (χ0n) is 8.45. The van der Waals surface area contributed by atoms with Crippen molar-refractivity contribution in [1.29, 1.82) is 0 Å². The summed E-state index contributed by atoms with van der Waals surface area (Å²) in [5, 5.41) is 0. The molecule has 0 saturated heterocycles. The lowest BCUT2D eigenvalue weighted by atomic mass is 10.2. The second-order valence-electron chi connectivity index (χ2n) is 2.89. The van der Waals surface area contributed by atoms with Gasteiger partial charge in [-0.1, -0.05) is 68.9 Å². The van der Waals surface area contributed by atoms with E-state index in [0.29, 0.717) is 0 Å². The average molecular weight is 175 g/mol. The molecule has 0 saturated carbocycles. The monoisotopic (exact) mass is 175 g/mol. The standard InChI is InChI=1S/C13H19/c1-3-5-7-9-11-13-12-10-8-6-4-2/h1,3,5,7,9,11-13H,4,6,8,10H2,2H3. The van der Waals surface area contributed by atoms with Crippen LogP contribution < -0.4 is 0 Å². The summed E-state index contributed by atoms with van der Waals surface area (Å²) in [7, 11) is 0. The molecule has 0 amide bonds. The van der Waals surface area contributed by atoms with Crippen LogP contribution in [0.25, 0.3) is 0 Å². The Morgan fingerprint density at radius 2 is 1.62 bits per heavy atom. The molecule has 0 heterocycles. The first kappa shape index (κ1) is 12.0. The van der Waals surface area contributed by atoms with Crippen molar-refractivity contribution in [3.8, 4) is 0 Å². The molecule has 0 fully saturated rings. The Kier molecular flexibility index (Phi) is 10.1. The number of hydrogen-bond acceptors (Lipinski definition) is 0. The van der Waals surface area contributed by atoms with Gasteiger partial charge in [-0.15, -0.1) is 0 Å². The van der Waals surface area contributed by atoms with Crippen molar-refractivity contribution in [3.05, 3.63) is 49.1 Å². The lowest BCUT2D eigenvalue weighted by Crippen LogP contribution is -1.69. The number of rotatable bonds is 7. The summed E-state index contributed by atoms with van der Waals surface area (Å²) >= 11 is 0. The van der Waals surface area contributed by atoms with E-state index in [-0.39, 0.29) is 0 Å². The Labute approximate surface area is 82.4 Å². The van der Waals surface area contributed by atoms with Crippen LogP contribution in [0.3, 0.4) is 0 Å². The molecule has 0 unspecified atom stereocenters.